The van der Waals surface area contributed by atoms with E-state index in [2.05, 4.69) is 15.4 Å². The van der Waals surface area contributed by atoms with Crippen LogP contribution in [-0.2, 0) is 16.1 Å². The van der Waals surface area contributed by atoms with Crippen molar-refractivity contribution in [2.24, 2.45) is 0 Å². The zero-order valence-electron chi connectivity index (χ0n) is 19.3. The molecular formula is C25H23FN4O4S. The largest absolute Gasteiger partial charge is 0.465 e. The van der Waals surface area contributed by atoms with E-state index >= 15 is 0 Å². The van der Waals surface area contributed by atoms with Crippen LogP contribution in [0.4, 0.5) is 10.1 Å². The lowest BCUT2D eigenvalue weighted by atomic mass is 10.2. The van der Waals surface area contributed by atoms with Crippen molar-refractivity contribution in [3.63, 3.8) is 0 Å². The number of fused-ring (bicyclic) bond motifs is 1. The highest BCUT2D eigenvalue weighted by Crippen LogP contribution is 2.36. The maximum absolute atomic E-state index is 13.4. The zero-order chi connectivity index (χ0) is 24.9. The minimum absolute atomic E-state index is 0.0138. The van der Waals surface area contributed by atoms with Gasteiger partial charge in [0, 0.05) is 24.1 Å². The Kier molecular flexibility index (Phi) is 7.33. The van der Waals surface area contributed by atoms with Crippen molar-refractivity contribution < 1.29 is 23.2 Å². The minimum atomic E-state index is -0.573. The average molecular weight is 495 g/mol. The fourth-order valence-electron chi connectivity index (χ4n) is 3.47. The van der Waals surface area contributed by atoms with Gasteiger partial charge in [0.25, 0.3) is 0 Å². The first-order valence-corrected chi connectivity index (χ1v) is 11.5. The number of hydrogen-bond acceptors (Lipinski definition) is 8. The molecule has 8 nitrogen and oxygen atoms in total. The van der Waals surface area contributed by atoms with E-state index in [0.717, 1.165) is 22.7 Å². The van der Waals surface area contributed by atoms with Crippen molar-refractivity contribution in [3.8, 4) is 0 Å². The standard InChI is InChI=1S/C25H23FN4O4S/c1-15(20-11-12-34-29-20)30(2)14-18-8-9-19-22(23(25(32)33-3)35-24(19)27-18)28-21(31)10-7-16-5-4-6-17(26)13-16/h4-13,15H,14H2,1-3H3,(H,28,31)/b10-7+/t15-/m0/s1. The summed E-state index contributed by atoms with van der Waals surface area (Å²) in [7, 11) is 3.23. The third-order valence-electron chi connectivity index (χ3n) is 5.47. The Hall–Kier alpha value is -3.89. The molecule has 0 spiro atoms. The Balaban J connectivity index is 1.57. The van der Waals surface area contributed by atoms with Crippen molar-refractivity contribution in [1.82, 2.24) is 15.0 Å². The van der Waals surface area contributed by atoms with Crippen molar-refractivity contribution in [2.45, 2.75) is 19.5 Å². The number of aromatic nitrogens is 2. The summed E-state index contributed by atoms with van der Waals surface area (Å²) < 4.78 is 23.2. The summed E-state index contributed by atoms with van der Waals surface area (Å²) in [5, 5.41) is 7.36. The van der Waals surface area contributed by atoms with E-state index in [1.807, 2.05) is 32.2 Å². The van der Waals surface area contributed by atoms with Gasteiger partial charge >= 0.3 is 5.97 Å². The smallest absolute Gasteiger partial charge is 0.350 e. The molecule has 4 rings (SSSR count). The average Bonchev–Trinajstić information content (AvgIpc) is 3.50. The third kappa shape index (κ3) is 5.61. The van der Waals surface area contributed by atoms with Gasteiger partial charge in [-0.1, -0.05) is 17.3 Å². The van der Waals surface area contributed by atoms with E-state index in [1.165, 1.54) is 37.7 Å². The van der Waals surface area contributed by atoms with E-state index in [0.29, 0.717) is 28.0 Å². The number of anilines is 1. The van der Waals surface area contributed by atoms with E-state index in [9.17, 15) is 14.0 Å². The molecule has 0 bridgehead atoms. The summed E-state index contributed by atoms with van der Waals surface area (Å²) >= 11 is 1.14. The number of benzene rings is 1. The Morgan fingerprint density at radius 3 is 2.83 bits per heavy atom. The lowest BCUT2D eigenvalue weighted by molar-refractivity contribution is -0.111. The highest BCUT2D eigenvalue weighted by Gasteiger charge is 2.22. The zero-order valence-corrected chi connectivity index (χ0v) is 20.1. The molecule has 0 fully saturated rings. The molecule has 3 heterocycles. The lowest BCUT2D eigenvalue weighted by Gasteiger charge is -2.22. The second kappa shape index (κ2) is 10.6. The number of hydrogen-bond donors (Lipinski definition) is 1. The van der Waals surface area contributed by atoms with Crippen LogP contribution in [0.15, 0.2) is 59.3 Å². The first-order chi connectivity index (χ1) is 16.9. The Morgan fingerprint density at radius 1 is 1.29 bits per heavy atom. The summed E-state index contributed by atoms with van der Waals surface area (Å²) in [6.45, 7) is 2.55. The third-order valence-corrected chi connectivity index (χ3v) is 6.55. The molecule has 0 saturated heterocycles. The Morgan fingerprint density at radius 2 is 2.11 bits per heavy atom. The number of ether oxygens (including phenoxy) is 1. The molecule has 0 aliphatic carbocycles. The number of carbonyl (C=O) groups is 2. The van der Waals surface area contributed by atoms with E-state index in [4.69, 9.17) is 14.2 Å². The monoisotopic (exact) mass is 494 g/mol. The van der Waals surface area contributed by atoms with Gasteiger partial charge in [-0.3, -0.25) is 9.69 Å². The summed E-state index contributed by atoms with van der Waals surface area (Å²) in [5.74, 6) is -1.44. The number of thiophene rings is 1. The van der Waals surface area contributed by atoms with E-state index in [1.54, 1.807) is 12.1 Å². The number of methoxy groups -OCH3 is 1. The van der Waals surface area contributed by atoms with Crippen LogP contribution >= 0.6 is 11.3 Å². The highest BCUT2D eigenvalue weighted by molar-refractivity contribution is 7.21. The normalized spacial score (nSPS) is 12.4. The molecule has 10 heteroatoms. The first kappa shape index (κ1) is 24.2. The number of carbonyl (C=O) groups excluding carboxylic acids is 2. The van der Waals surface area contributed by atoms with Crippen LogP contribution in [0.3, 0.4) is 0 Å². The van der Waals surface area contributed by atoms with E-state index in [-0.39, 0.29) is 10.9 Å². The van der Waals surface area contributed by atoms with Crippen LogP contribution in [0.5, 0.6) is 0 Å². The molecule has 4 aromatic rings. The number of rotatable bonds is 8. The number of nitrogens with one attached hydrogen (secondary N) is 1. The van der Waals surface area contributed by atoms with Crippen LogP contribution in [0.25, 0.3) is 16.3 Å². The molecule has 1 amide bonds. The summed E-state index contributed by atoms with van der Waals surface area (Å²) in [6, 6.07) is 11.4. The van der Waals surface area contributed by atoms with Crippen molar-refractivity contribution in [3.05, 3.63) is 82.4 Å². The first-order valence-electron chi connectivity index (χ1n) is 10.7. The van der Waals surface area contributed by atoms with Crippen LogP contribution in [-0.4, -0.2) is 41.1 Å². The molecule has 0 saturated carbocycles. The lowest BCUT2D eigenvalue weighted by Crippen LogP contribution is -2.22. The summed E-state index contributed by atoms with van der Waals surface area (Å²) in [6.07, 6.45) is 4.31. The molecule has 1 atom stereocenters. The van der Waals surface area contributed by atoms with Gasteiger partial charge in [-0.15, -0.1) is 11.3 Å². The maximum atomic E-state index is 13.4. The Bertz CT molecular complexity index is 1380. The predicted octanol–water partition coefficient (Wildman–Crippen LogP) is 5.05. The molecular weight excluding hydrogens is 471 g/mol. The van der Waals surface area contributed by atoms with Gasteiger partial charge in [-0.25, -0.2) is 14.2 Å². The summed E-state index contributed by atoms with van der Waals surface area (Å²) in [4.78, 5) is 32.6. The van der Waals surface area contributed by atoms with Gasteiger partial charge in [-0.05, 0) is 49.9 Å². The number of nitrogens with zero attached hydrogens (tertiary/aromatic N) is 3. The fourth-order valence-corrected chi connectivity index (χ4v) is 4.53. The van der Waals surface area contributed by atoms with Crippen LogP contribution < -0.4 is 5.32 Å². The number of halogens is 1. The van der Waals surface area contributed by atoms with Gasteiger partial charge in [0.15, 0.2) is 0 Å². The minimum Gasteiger partial charge on any atom is -0.465 e. The second-order valence-corrected chi connectivity index (χ2v) is 8.85. The molecule has 0 aliphatic heterocycles. The van der Waals surface area contributed by atoms with Crippen LogP contribution in [0.1, 0.15) is 39.6 Å². The molecule has 180 valence electrons. The fraction of sp³-hybridized carbons (Fsp3) is 0.200. The topological polar surface area (TPSA) is 97.6 Å². The molecule has 0 unspecified atom stereocenters. The van der Waals surface area contributed by atoms with Crippen molar-refractivity contribution >= 4 is 45.2 Å². The molecule has 3 aromatic heterocycles. The van der Waals surface area contributed by atoms with Crippen LogP contribution in [0, 0.1) is 5.82 Å². The van der Waals surface area contributed by atoms with Crippen molar-refractivity contribution in [2.75, 3.05) is 19.5 Å². The van der Waals surface area contributed by atoms with Crippen molar-refractivity contribution in [1.29, 1.82) is 0 Å². The molecule has 1 aromatic carbocycles. The number of pyridine rings is 1. The maximum Gasteiger partial charge on any atom is 0.350 e. The van der Waals surface area contributed by atoms with Gasteiger partial charge in [0.1, 0.15) is 27.5 Å². The van der Waals surface area contributed by atoms with Gasteiger partial charge in [0.05, 0.1) is 24.5 Å². The second-order valence-electron chi connectivity index (χ2n) is 7.85. The van der Waals surface area contributed by atoms with E-state index < -0.39 is 17.7 Å². The highest BCUT2D eigenvalue weighted by atomic mass is 32.1. The van der Waals surface area contributed by atoms with Gasteiger partial charge in [-0.2, -0.15) is 0 Å². The van der Waals surface area contributed by atoms with Crippen LogP contribution in [0.2, 0.25) is 0 Å². The predicted molar refractivity (Wildman–Crippen MR) is 131 cm³/mol. The molecule has 0 radical (unpaired) electrons. The van der Waals surface area contributed by atoms with Gasteiger partial charge < -0.3 is 14.6 Å². The summed E-state index contributed by atoms with van der Waals surface area (Å²) in [5.41, 5.74) is 2.47. The molecule has 1 N–H and O–H groups in total. The SMILES string of the molecule is COC(=O)c1sc2nc(CN(C)[C@@H](C)c3ccon3)ccc2c1NC(=O)/C=C/c1cccc(F)c1. The number of esters is 1. The quantitative estimate of drug-likeness (QED) is 0.270. The van der Waals surface area contributed by atoms with Gasteiger partial charge in [0.2, 0.25) is 5.91 Å². The number of amides is 1. The molecule has 0 aliphatic rings. The molecule has 35 heavy (non-hydrogen) atoms. The Labute approximate surface area is 205 Å².